The number of aliphatic hydroxyl groups is 1. The Morgan fingerprint density at radius 1 is 1.12 bits per heavy atom. The van der Waals surface area contributed by atoms with Gasteiger partial charge in [0.1, 0.15) is 6.10 Å². The lowest BCUT2D eigenvalue weighted by Crippen LogP contribution is -2.53. The number of ether oxygens (including phenoxy) is 3. The molecule has 1 unspecified atom stereocenters. The summed E-state index contributed by atoms with van der Waals surface area (Å²) in [5, 5.41) is 20.8. The summed E-state index contributed by atoms with van der Waals surface area (Å²) in [6.45, 7) is 4.16. The van der Waals surface area contributed by atoms with E-state index in [1.807, 2.05) is 6.07 Å². The molecule has 2 heterocycles. The summed E-state index contributed by atoms with van der Waals surface area (Å²) >= 11 is 0. The van der Waals surface area contributed by atoms with Crippen LogP contribution < -0.4 is 9.47 Å². The van der Waals surface area contributed by atoms with Crippen LogP contribution in [0.2, 0.25) is 0 Å². The van der Waals surface area contributed by atoms with E-state index in [0.717, 1.165) is 0 Å². The van der Waals surface area contributed by atoms with E-state index in [1.165, 1.54) is 25.4 Å². The third kappa shape index (κ3) is 6.44. The molecule has 8 nitrogen and oxygen atoms in total. The molecule has 1 saturated heterocycles. The van der Waals surface area contributed by atoms with Gasteiger partial charge >= 0.3 is 12.1 Å². The van der Waals surface area contributed by atoms with E-state index in [1.54, 1.807) is 47.6 Å². The molecule has 0 spiro atoms. The number of benzene rings is 2. The van der Waals surface area contributed by atoms with Gasteiger partial charge in [-0.3, -0.25) is 9.69 Å². The Morgan fingerprint density at radius 2 is 1.85 bits per heavy atom. The van der Waals surface area contributed by atoms with Gasteiger partial charge in [0, 0.05) is 48.8 Å². The third-order valence-electron chi connectivity index (χ3n) is 7.43. The fraction of sp³-hybridized carbons (Fsp3) is 0.467. The number of piperidine rings is 1. The van der Waals surface area contributed by atoms with E-state index in [-0.39, 0.29) is 42.5 Å². The van der Waals surface area contributed by atoms with Crippen LogP contribution in [0.5, 0.6) is 11.5 Å². The summed E-state index contributed by atoms with van der Waals surface area (Å²) in [5.41, 5.74) is -1.82. The summed E-state index contributed by atoms with van der Waals surface area (Å²) in [5.74, 6) is 0.586. The topological polar surface area (TPSA) is 97.0 Å². The number of fused-ring (bicyclic) bond motifs is 1. The molecule has 1 aliphatic heterocycles. The predicted octanol–water partition coefficient (Wildman–Crippen LogP) is 4.94. The first-order chi connectivity index (χ1) is 19.5. The average molecular weight is 574 g/mol. The zero-order valence-electron chi connectivity index (χ0n) is 23.3. The molecule has 41 heavy (non-hydrogen) atoms. The van der Waals surface area contributed by atoms with Gasteiger partial charge in [0.05, 0.1) is 31.8 Å². The van der Waals surface area contributed by atoms with Crippen LogP contribution in [-0.4, -0.2) is 66.2 Å². The van der Waals surface area contributed by atoms with E-state index in [2.05, 4.69) is 0 Å². The molecule has 3 aromatic rings. The van der Waals surface area contributed by atoms with Crippen LogP contribution in [0.1, 0.15) is 43.4 Å². The van der Waals surface area contributed by atoms with E-state index < -0.39 is 18.3 Å². The number of carbonyl (C=O) groups is 1. The molecule has 0 radical (unpaired) electrons. The number of nitrogens with zero attached hydrogens (tertiary/aromatic N) is 3. The van der Waals surface area contributed by atoms with Crippen molar-refractivity contribution in [1.29, 1.82) is 5.26 Å². The Kier molecular flexibility index (Phi) is 9.14. The highest BCUT2D eigenvalue weighted by Gasteiger charge is 2.57. The van der Waals surface area contributed by atoms with Crippen molar-refractivity contribution in [2.75, 3.05) is 33.4 Å². The Labute approximate surface area is 236 Å². The molecule has 1 atom stereocenters. The number of hydrogen-bond acceptors (Lipinski definition) is 7. The number of nitriles is 1. The lowest BCUT2D eigenvalue weighted by molar-refractivity contribution is -0.272. The molecular weight excluding hydrogens is 539 g/mol. The smallest absolute Gasteiger partial charge is 0.422 e. The van der Waals surface area contributed by atoms with Crippen molar-refractivity contribution in [2.24, 2.45) is 0 Å². The quantitative estimate of drug-likeness (QED) is 0.343. The summed E-state index contributed by atoms with van der Waals surface area (Å²) in [6.07, 6.45) is -2.86. The Hall–Kier alpha value is -3.75. The second-order valence-electron chi connectivity index (χ2n) is 10.1. The van der Waals surface area contributed by atoms with Gasteiger partial charge in [0.25, 0.3) is 0 Å². The van der Waals surface area contributed by atoms with Crippen molar-refractivity contribution in [3.63, 3.8) is 0 Å². The molecule has 1 aliphatic rings. The van der Waals surface area contributed by atoms with Gasteiger partial charge in [-0.25, -0.2) is 0 Å². The van der Waals surface area contributed by atoms with Gasteiger partial charge in [-0.2, -0.15) is 18.4 Å². The fourth-order valence-corrected chi connectivity index (χ4v) is 5.27. The average Bonchev–Trinajstić information content (AvgIpc) is 3.32. The Bertz CT molecular complexity index is 1420. The number of carbonyl (C=O) groups excluding carboxylic acids is 1. The lowest BCUT2D eigenvalue weighted by Gasteiger charge is -2.39. The Morgan fingerprint density at radius 3 is 2.46 bits per heavy atom. The zero-order valence-corrected chi connectivity index (χ0v) is 23.3. The second-order valence-corrected chi connectivity index (χ2v) is 10.1. The van der Waals surface area contributed by atoms with Crippen molar-refractivity contribution < 1.29 is 37.3 Å². The first-order valence-corrected chi connectivity index (χ1v) is 13.6. The molecule has 1 aromatic heterocycles. The van der Waals surface area contributed by atoms with Crippen LogP contribution in [0.25, 0.3) is 10.9 Å². The van der Waals surface area contributed by atoms with Gasteiger partial charge in [0.15, 0.2) is 11.5 Å². The molecule has 0 amide bonds. The number of rotatable bonds is 10. The minimum Gasteiger partial charge on any atom is -0.493 e. The van der Waals surface area contributed by atoms with Crippen molar-refractivity contribution in [3.8, 4) is 17.6 Å². The summed E-state index contributed by atoms with van der Waals surface area (Å²) < 4.78 is 61.8. The fourth-order valence-electron chi connectivity index (χ4n) is 5.27. The highest BCUT2D eigenvalue weighted by molar-refractivity contribution is 5.86. The van der Waals surface area contributed by atoms with Crippen LogP contribution in [0.15, 0.2) is 42.6 Å². The van der Waals surface area contributed by atoms with Gasteiger partial charge in [0.2, 0.25) is 5.60 Å². The maximum absolute atomic E-state index is 14.5. The Balaban J connectivity index is 1.47. The zero-order chi connectivity index (χ0) is 29.8. The molecule has 11 heteroatoms. The number of likely N-dealkylation sites (tertiary alicyclic amines) is 1. The summed E-state index contributed by atoms with van der Waals surface area (Å²) in [4.78, 5) is 13.4. The van der Waals surface area contributed by atoms with Crippen molar-refractivity contribution >= 4 is 16.9 Å². The highest BCUT2D eigenvalue weighted by atomic mass is 19.4. The van der Waals surface area contributed by atoms with Crippen LogP contribution >= 0.6 is 0 Å². The highest BCUT2D eigenvalue weighted by Crippen LogP contribution is 2.44. The van der Waals surface area contributed by atoms with Crippen LogP contribution in [0, 0.1) is 11.3 Å². The molecule has 0 saturated carbocycles. The summed E-state index contributed by atoms with van der Waals surface area (Å²) in [7, 11) is 1.49. The van der Waals surface area contributed by atoms with Crippen molar-refractivity contribution in [2.45, 2.75) is 57.5 Å². The number of hydrogen-bond donors (Lipinski definition) is 1. The summed E-state index contributed by atoms with van der Waals surface area (Å²) in [6, 6.07) is 11.7. The SMILES string of the molecule is CCOC(=O)Cc1ccc(OC2CCN(CC(O)(c3cn(CC)c4cc(C#N)ccc34)C(F)(F)F)CC2)c(OC)c1. The minimum atomic E-state index is -4.93. The number of esters is 1. The number of β-amino-alcohol motifs (C(OH)–C–C–N with tert-alkyl or cyclic N) is 1. The third-order valence-corrected chi connectivity index (χ3v) is 7.43. The first-order valence-electron chi connectivity index (χ1n) is 13.6. The number of methoxy groups -OCH3 is 1. The van der Waals surface area contributed by atoms with Gasteiger partial charge in [-0.15, -0.1) is 0 Å². The van der Waals surface area contributed by atoms with Gasteiger partial charge < -0.3 is 23.9 Å². The monoisotopic (exact) mass is 573 g/mol. The molecule has 2 aromatic carbocycles. The molecule has 0 aliphatic carbocycles. The van der Waals surface area contributed by atoms with Gasteiger partial charge in [-0.05, 0) is 56.5 Å². The van der Waals surface area contributed by atoms with Crippen LogP contribution in [0.4, 0.5) is 13.2 Å². The van der Waals surface area contributed by atoms with Crippen molar-refractivity contribution in [1.82, 2.24) is 9.47 Å². The minimum absolute atomic E-state index is 0.0986. The standard InChI is InChI=1S/C30H34F3N3O5/c1-4-36-18-24(23-8-6-21(17-34)14-25(23)36)29(38,30(31,32)33)19-35-12-10-22(11-13-35)41-26-9-7-20(15-27(26)39-3)16-28(37)40-5-2/h6-9,14-15,18,22,38H,4-5,10-13,16,19H2,1-3H3. The maximum Gasteiger partial charge on any atom is 0.422 e. The number of halogens is 3. The van der Waals surface area contributed by atoms with E-state index in [9.17, 15) is 28.3 Å². The van der Waals surface area contributed by atoms with Crippen molar-refractivity contribution in [3.05, 3.63) is 59.3 Å². The largest absolute Gasteiger partial charge is 0.493 e. The molecule has 220 valence electrons. The van der Waals surface area contributed by atoms with Crippen LogP contribution in [-0.2, 0) is 28.1 Å². The number of alkyl halides is 3. The molecular formula is C30H34F3N3O5. The number of aromatic nitrogens is 1. The second kappa shape index (κ2) is 12.4. The molecule has 1 N–H and O–H groups in total. The van der Waals surface area contributed by atoms with E-state index in [0.29, 0.717) is 54.1 Å². The number of aryl methyl sites for hydroxylation is 1. The predicted molar refractivity (Wildman–Crippen MR) is 146 cm³/mol. The first kappa shape index (κ1) is 30.2. The van der Waals surface area contributed by atoms with Crippen LogP contribution in [0.3, 0.4) is 0 Å². The maximum atomic E-state index is 14.5. The van der Waals surface area contributed by atoms with Gasteiger partial charge in [-0.1, -0.05) is 12.1 Å². The molecule has 0 bridgehead atoms. The molecule has 1 fully saturated rings. The van der Waals surface area contributed by atoms with E-state index >= 15 is 0 Å². The normalized spacial score (nSPS) is 16.2. The van der Waals surface area contributed by atoms with E-state index in [4.69, 9.17) is 14.2 Å². The lowest BCUT2D eigenvalue weighted by atomic mass is 9.90. The molecule has 4 rings (SSSR count).